The molecule has 1 fully saturated rings. The molecule has 0 radical (unpaired) electrons. The molecule has 1 heterocycles. The van der Waals surface area contributed by atoms with E-state index >= 15 is 0 Å². The molecule has 1 aliphatic heterocycles. The van der Waals surface area contributed by atoms with Gasteiger partial charge in [-0.05, 0) is 30.2 Å². The van der Waals surface area contributed by atoms with E-state index in [1.807, 2.05) is 25.2 Å². The number of hydrogen-bond acceptors (Lipinski definition) is 3. The minimum atomic E-state index is -0.948. The number of hydrogen-bond donors (Lipinski definition) is 1. The maximum atomic E-state index is 10.5. The molecule has 0 saturated carbocycles. The quantitative estimate of drug-likeness (QED) is 0.865. The Bertz CT molecular complexity index is 495. The van der Waals surface area contributed by atoms with E-state index in [2.05, 4.69) is 20.8 Å². The van der Waals surface area contributed by atoms with E-state index in [9.17, 15) is 4.79 Å². The molecule has 2 rings (SSSR count). The van der Waals surface area contributed by atoms with Gasteiger partial charge in [0, 0.05) is 29.9 Å². The monoisotopic (exact) mass is 325 g/mol. The van der Waals surface area contributed by atoms with E-state index in [4.69, 9.17) is 9.84 Å². The highest BCUT2D eigenvalue weighted by Crippen LogP contribution is 2.27. The topological polar surface area (TPSA) is 49.8 Å². The molecule has 0 amide bonds. The molecule has 1 atom stereocenters. The summed E-state index contributed by atoms with van der Waals surface area (Å²) in [5.74, 6) is -0.948. The van der Waals surface area contributed by atoms with Gasteiger partial charge in [-0.3, -0.25) is 0 Å². The third-order valence-corrected chi connectivity index (χ3v) is 3.94. The lowest BCUT2D eigenvalue weighted by Gasteiger charge is -2.25. The van der Waals surface area contributed by atoms with Gasteiger partial charge in [0.1, 0.15) is 0 Å². The van der Waals surface area contributed by atoms with Crippen molar-refractivity contribution in [1.82, 2.24) is 0 Å². The lowest BCUT2D eigenvalue weighted by Crippen LogP contribution is -2.31. The molecule has 0 spiro atoms. The van der Waals surface area contributed by atoms with E-state index in [0.717, 1.165) is 41.4 Å². The maximum Gasteiger partial charge on any atom is 0.328 e. The highest BCUT2D eigenvalue weighted by atomic mass is 79.9. The third kappa shape index (κ3) is 3.58. The van der Waals surface area contributed by atoms with Crippen molar-refractivity contribution in [3.63, 3.8) is 0 Å². The van der Waals surface area contributed by atoms with Crippen LogP contribution in [0.2, 0.25) is 0 Å². The van der Waals surface area contributed by atoms with Crippen LogP contribution in [0.1, 0.15) is 12.0 Å². The Morgan fingerprint density at radius 2 is 2.37 bits per heavy atom. The van der Waals surface area contributed by atoms with Crippen molar-refractivity contribution >= 4 is 33.7 Å². The Balaban J connectivity index is 2.15. The summed E-state index contributed by atoms with van der Waals surface area (Å²) in [5.41, 5.74) is 1.94. The lowest BCUT2D eigenvalue weighted by atomic mass is 10.1. The minimum absolute atomic E-state index is 0.410. The van der Waals surface area contributed by atoms with Crippen LogP contribution < -0.4 is 4.90 Å². The third-order valence-electron chi connectivity index (χ3n) is 3.25. The number of anilines is 1. The highest BCUT2D eigenvalue weighted by Gasteiger charge is 2.20. The number of halogens is 1. The van der Waals surface area contributed by atoms with Crippen molar-refractivity contribution in [2.24, 2.45) is 0 Å². The summed E-state index contributed by atoms with van der Waals surface area (Å²) in [4.78, 5) is 12.7. The van der Waals surface area contributed by atoms with Gasteiger partial charge in [0.2, 0.25) is 0 Å². The molecule has 102 valence electrons. The van der Waals surface area contributed by atoms with Crippen LogP contribution in [0.15, 0.2) is 28.7 Å². The number of rotatable bonds is 4. The van der Waals surface area contributed by atoms with Gasteiger partial charge in [-0.15, -0.1) is 0 Å². The number of carboxylic acid groups (broad SMARTS) is 1. The molecule has 0 bridgehead atoms. The van der Waals surface area contributed by atoms with Crippen LogP contribution in [-0.4, -0.2) is 37.4 Å². The highest BCUT2D eigenvalue weighted by molar-refractivity contribution is 9.10. The summed E-state index contributed by atoms with van der Waals surface area (Å²) in [6, 6.07) is 6.31. The fraction of sp³-hybridized carbons (Fsp3) is 0.357. The molecule has 0 aromatic heterocycles. The van der Waals surface area contributed by atoms with Crippen molar-refractivity contribution in [2.75, 3.05) is 25.2 Å². The summed E-state index contributed by atoms with van der Waals surface area (Å²) in [6.45, 7) is 1.57. The lowest BCUT2D eigenvalue weighted by molar-refractivity contribution is -0.131. The zero-order chi connectivity index (χ0) is 13.8. The average molecular weight is 326 g/mol. The Morgan fingerprint density at radius 3 is 2.95 bits per heavy atom. The SMILES string of the molecule is CN(c1ccc(/C=C/C(=O)O)c(Br)c1)C1CCOC1. The van der Waals surface area contributed by atoms with Gasteiger partial charge >= 0.3 is 5.97 Å². The Morgan fingerprint density at radius 1 is 1.58 bits per heavy atom. The van der Waals surface area contributed by atoms with Crippen LogP contribution in [0.4, 0.5) is 5.69 Å². The van der Waals surface area contributed by atoms with Crippen LogP contribution in [0.25, 0.3) is 6.08 Å². The number of carboxylic acids is 1. The Kier molecular flexibility index (Phi) is 4.61. The maximum absolute atomic E-state index is 10.5. The van der Waals surface area contributed by atoms with Gasteiger partial charge in [-0.1, -0.05) is 22.0 Å². The van der Waals surface area contributed by atoms with Gasteiger partial charge < -0.3 is 14.7 Å². The van der Waals surface area contributed by atoms with Gasteiger partial charge in [-0.2, -0.15) is 0 Å². The molecular formula is C14H16BrNO3. The first-order chi connectivity index (χ1) is 9.08. The first kappa shape index (κ1) is 14.1. The summed E-state index contributed by atoms with van der Waals surface area (Å²) in [6.07, 6.45) is 3.75. The van der Waals surface area contributed by atoms with Crippen molar-refractivity contribution in [3.05, 3.63) is 34.3 Å². The van der Waals surface area contributed by atoms with Crippen LogP contribution in [0, 0.1) is 0 Å². The number of nitrogens with zero attached hydrogens (tertiary/aromatic N) is 1. The second-order valence-electron chi connectivity index (χ2n) is 4.51. The summed E-state index contributed by atoms with van der Waals surface area (Å²) < 4.78 is 6.27. The molecule has 1 aromatic rings. The second kappa shape index (κ2) is 6.21. The molecule has 19 heavy (non-hydrogen) atoms. The summed E-state index contributed by atoms with van der Waals surface area (Å²) >= 11 is 3.47. The number of likely N-dealkylation sites (N-methyl/N-ethyl adjacent to an activating group) is 1. The predicted octanol–water partition coefficient (Wildman–Crippen LogP) is 2.77. The first-order valence-corrected chi connectivity index (χ1v) is 6.88. The molecule has 1 saturated heterocycles. The molecular weight excluding hydrogens is 310 g/mol. The molecule has 1 aromatic carbocycles. The van der Waals surface area contributed by atoms with Crippen LogP contribution in [0.5, 0.6) is 0 Å². The summed E-state index contributed by atoms with van der Waals surface area (Å²) in [7, 11) is 2.05. The van der Waals surface area contributed by atoms with Crippen LogP contribution in [0.3, 0.4) is 0 Å². The van der Waals surface area contributed by atoms with E-state index in [-0.39, 0.29) is 0 Å². The molecule has 0 aliphatic carbocycles. The van der Waals surface area contributed by atoms with Crippen molar-refractivity contribution < 1.29 is 14.6 Å². The van der Waals surface area contributed by atoms with E-state index < -0.39 is 5.97 Å². The Hall–Kier alpha value is -1.33. The average Bonchev–Trinajstić information content (AvgIpc) is 2.90. The van der Waals surface area contributed by atoms with Crippen molar-refractivity contribution in [3.8, 4) is 0 Å². The van der Waals surface area contributed by atoms with Crippen LogP contribution in [-0.2, 0) is 9.53 Å². The second-order valence-corrected chi connectivity index (χ2v) is 5.36. The zero-order valence-corrected chi connectivity index (χ0v) is 12.3. The smallest absolute Gasteiger partial charge is 0.328 e. The van der Waals surface area contributed by atoms with Crippen molar-refractivity contribution in [1.29, 1.82) is 0 Å². The fourth-order valence-corrected chi connectivity index (χ4v) is 2.57. The fourth-order valence-electron chi connectivity index (χ4n) is 2.07. The number of aliphatic carboxylic acids is 1. The molecule has 1 aliphatic rings. The summed E-state index contributed by atoms with van der Waals surface area (Å²) in [5, 5.41) is 8.63. The van der Waals surface area contributed by atoms with E-state index in [0.29, 0.717) is 6.04 Å². The predicted molar refractivity (Wildman–Crippen MR) is 78.4 cm³/mol. The number of ether oxygens (including phenoxy) is 1. The van der Waals surface area contributed by atoms with E-state index in [1.54, 1.807) is 6.08 Å². The minimum Gasteiger partial charge on any atom is -0.478 e. The number of carbonyl (C=O) groups is 1. The van der Waals surface area contributed by atoms with Crippen molar-refractivity contribution in [2.45, 2.75) is 12.5 Å². The van der Waals surface area contributed by atoms with Gasteiger partial charge in [-0.25, -0.2) is 4.79 Å². The molecule has 1 unspecified atom stereocenters. The molecule has 1 N–H and O–H groups in total. The van der Waals surface area contributed by atoms with Gasteiger partial charge in [0.05, 0.1) is 12.6 Å². The van der Waals surface area contributed by atoms with Gasteiger partial charge in [0.25, 0.3) is 0 Å². The standard InChI is InChI=1S/C14H16BrNO3/c1-16(12-6-7-19-9-12)11-4-2-10(13(15)8-11)3-5-14(17)18/h2-5,8,12H,6-7,9H2,1H3,(H,17,18)/b5-3+. The first-order valence-electron chi connectivity index (χ1n) is 6.09. The molecule has 4 nitrogen and oxygen atoms in total. The Labute approximate surface area is 120 Å². The normalized spacial score (nSPS) is 18.9. The van der Waals surface area contributed by atoms with Crippen LogP contribution >= 0.6 is 15.9 Å². The largest absolute Gasteiger partial charge is 0.478 e. The molecule has 5 heteroatoms. The zero-order valence-electron chi connectivity index (χ0n) is 10.7. The van der Waals surface area contributed by atoms with Gasteiger partial charge in [0.15, 0.2) is 0 Å². The number of benzene rings is 1. The van der Waals surface area contributed by atoms with E-state index in [1.165, 1.54) is 0 Å².